The van der Waals surface area contributed by atoms with Gasteiger partial charge in [0.25, 0.3) is 11.8 Å². The Kier molecular flexibility index (Phi) is 5.00. The molecule has 2 heterocycles. The highest BCUT2D eigenvalue weighted by atomic mass is 35.5. The zero-order valence-electron chi connectivity index (χ0n) is 14.8. The molecular formula is C18H16ClFN4O3. The van der Waals surface area contributed by atoms with E-state index < -0.39 is 17.6 Å². The first-order valence-corrected chi connectivity index (χ1v) is 8.34. The summed E-state index contributed by atoms with van der Waals surface area (Å²) in [5, 5.41) is 4.25. The smallest absolute Gasteiger partial charge is 0.274 e. The maximum atomic E-state index is 13.1. The Bertz CT molecular complexity index is 1020. The minimum Gasteiger partial charge on any atom is -0.466 e. The van der Waals surface area contributed by atoms with Crippen molar-refractivity contribution in [3.63, 3.8) is 0 Å². The van der Waals surface area contributed by atoms with Gasteiger partial charge in [0, 0.05) is 0 Å². The Morgan fingerprint density at radius 1 is 1.11 bits per heavy atom. The van der Waals surface area contributed by atoms with Gasteiger partial charge in [0.05, 0.1) is 16.9 Å². The average Bonchev–Trinajstić information content (AvgIpc) is 3.11. The van der Waals surface area contributed by atoms with Crippen LogP contribution in [0.1, 0.15) is 37.9 Å². The topological polar surface area (TPSA) is 89.2 Å². The molecule has 0 spiro atoms. The van der Waals surface area contributed by atoms with Crippen molar-refractivity contribution in [2.45, 2.75) is 20.8 Å². The molecule has 3 rings (SSSR count). The van der Waals surface area contributed by atoms with Gasteiger partial charge >= 0.3 is 0 Å². The van der Waals surface area contributed by atoms with Crippen LogP contribution in [0, 0.1) is 26.6 Å². The number of furan rings is 1. The van der Waals surface area contributed by atoms with E-state index in [2.05, 4.69) is 16.0 Å². The van der Waals surface area contributed by atoms with Crippen LogP contribution in [-0.2, 0) is 0 Å². The summed E-state index contributed by atoms with van der Waals surface area (Å²) < 4.78 is 19.7. The van der Waals surface area contributed by atoms with Crippen molar-refractivity contribution in [3.8, 4) is 5.69 Å². The predicted molar refractivity (Wildman–Crippen MR) is 96.4 cm³/mol. The molecule has 0 aliphatic carbocycles. The van der Waals surface area contributed by atoms with E-state index in [4.69, 9.17) is 16.0 Å². The lowest BCUT2D eigenvalue weighted by molar-refractivity contribution is 0.0845. The SMILES string of the molecule is Cc1cc(C(=O)NNC(=O)c2c(C)nn(-c3ccc(F)cc3)c2Cl)c(C)o1. The van der Waals surface area contributed by atoms with Crippen LogP contribution in [0.25, 0.3) is 5.69 Å². The number of carbonyl (C=O) groups is 2. The van der Waals surface area contributed by atoms with Gasteiger partial charge in [-0.05, 0) is 51.1 Å². The van der Waals surface area contributed by atoms with E-state index in [0.717, 1.165) is 0 Å². The second-order valence-corrected chi connectivity index (χ2v) is 6.23. The highest BCUT2D eigenvalue weighted by Gasteiger charge is 2.22. The van der Waals surface area contributed by atoms with Crippen molar-refractivity contribution < 1.29 is 18.4 Å². The van der Waals surface area contributed by atoms with Gasteiger partial charge in [0.2, 0.25) is 0 Å². The molecule has 1 aromatic carbocycles. The molecule has 0 unspecified atom stereocenters. The molecule has 0 fully saturated rings. The molecule has 3 aromatic rings. The van der Waals surface area contributed by atoms with Crippen LogP contribution in [0.5, 0.6) is 0 Å². The van der Waals surface area contributed by atoms with Crippen LogP contribution in [0.15, 0.2) is 34.7 Å². The maximum Gasteiger partial charge on any atom is 0.274 e. The van der Waals surface area contributed by atoms with Crippen LogP contribution in [0.3, 0.4) is 0 Å². The number of amides is 2. The minimum atomic E-state index is -0.628. The van der Waals surface area contributed by atoms with Crippen molar-refractivity contribution >= 4 is 23.4 Å². The molecule has 2 N–H and O–H groups in total. The second-order valence-electron chi connectivity index (χ2n) is 5.87. The van der Waals surface area contributed by atoms with Crippen molar-refractivity contribution in [1.82, 2.24) is 20.6 Å². The molecule has 2 amide bonds. The summed E-state index contributed by atoms with van der Waals surface area (Å²) in [6, 6.07) is 7.07. The molecule has 0 aliphatic heterocycles. The van der Waals surface area contributed by atoms with Gasteiger partial charge < -0.3 is 4.42 Å². The number of nitrogens with zero attached hydrogens (tertiary/aromatic N) is 2. The molecule has 9 heteroatoms. The predicted octanol–water partition coefficient (Wildman–Crippen LogP) is 3.26. The molecule has 0 aliphatic rings. The zero-order valence-corrected chi connectivity index (χ0v) is 15.5. The molecule has 0 saturated carbocycles. The summed E-state index contributed by atoms with van der Waals surface area (Å²) in [4.78, 5) is 24.6. The number of hydrazine groups is 1. The number of carbonyl (C=O) groups excluding carboxylic acids is 2. The van der Waals surface area contributed by atoms with Crippen LogP contribution >= 0.6 is 11.6 Å². The number of aryl methyl sites for hydroxylation is 3. The number of hydrogen-bond donors (Lipinski definition) is 2. The fourth-order valence-electron chi connectivity index (χ4n) is 2.61. The van der Waals surface area contributed by atoms with E-state index in [1.165, 1.54) is 28.9 Å². The van der Waals surface area contributed by atoms with Gasteiger partial charge in [0.15, 0.2) is 0 Å². The Labute approximate surface area is 159 Å². The quantitative estimate of drug-likeness (QED) is 0.672. The first-order valence-electron chi connectivity index (χ1n) is 7.96. The fraction of sp³-hybridized carbons (Fsp3) is 0.167. The summed E-state index contributed by atoms with van der Waals surface area (Å²) in [6.07, 6.45) is 0. The Morgan fingerprint density at radius 3 is 2.33 bits per heavy atom. The van der Waals surface area contributed by atoms with E-state index in [1.807, 2.05) is 0 Å². The minimum absolute atomic E-state index is 0.0428. The van der Waals surface area contributed by atoms with Crippen LogP contribution in [0.2, 0.25) is 5.15 Å². The second kappa shape index (κ2) is 7.24. The third-order valence-electron chi connectivity index (χ3n) is 3.88. The molecule has 0 radical (unpaired) electrons. The standard InChI is InChI=1S/C18H16ClFN4O3/c1-9-8-14(11(3)27-9)17(25)21-22-18(26)15-10(2)23-24(16(15)19)13-6-4-12(20)5-7-13/h4-8H,1-3H3,(H,21,25)(H,22,26). The van der Waals surface area contributed by atoms with E-state index in [-0.39, 0.29) is 10.7 Å². The number of rotatable bonds is 3. The van der Waals surface area contributed by atoms with E-state index >= 15 is 0 Å². The lowest BCUT2D eigenvalue weighted by atomic mass is 10.2. The van der Waals surface area contributed by atoms with Crippen LogP contribution in [-0.4, -0.2) is 21.6 Å². The molecule has 27 heavy (non-hydrogen) atoms. The number of hydrogen-bond acceptors (Lipinski definition) is 4. The lowest BCUT2D eigenvalue weighted by Gasteiger charge is -2.07. The van der Waals surface area contributed by atoms with Gasteiger partial charge in [-0.3, -0.25) is 20.4 Å². The summed E-state index contributed by atoms with van der Waals surface area (Å²) in [5.74, 6) is -0.514. The summed E-state index contributed by atoms with van der Waals surface area (Å²) in [6.45, 7) is 4.97. The van der Waals surface area contributed by atoms with E-state index in [0.29, 0.717) is 28.5 Å². The molecule has 140 valence electrons. The van der Waals surface area contributed by atoms with Crippen molar-refractivity contribution in [2.75, 3.05) is 0 Å². The highest BCUT2D eigenvalue weighted by Crippen LogP contribution is 2.23. The third-order valence-corrected chi connectivity index (χ3v) is 4.23. The van der Waals surface area contributed by atoms with Gasteiger partial charge in [-0.2, -0.15) is 5.10 Å². The average molecular weight is 391 g/mol. The molecule has 0 bridgehead atoms. The lowest BCUT2D eigenvalue weighted by Crippen LogP contribution is -2.42. The molecule has 0 saturated heterocycles. The monoisotopic (exact) mass is 390 g/mol. The van der Waals surface area contributed by atoms with Gasteiger partial charge in [-0.1, -0.05) is 11.6 Å². The Hall–Kier alpha value is -3.13. The van der Waals surface area contributed by atoms with E-state index in [1.54, 1.807) is 26.8 Å². The van der Waals surface area contributed by atoms with E-state index in [9.17, 15) is 14.0 Å². The largest absolute Gasteiger partial charge is 0.466 e. The summed E-state index contributed by atoms with van der Waals surface area (Å²) in [7, 11) is 0. The summed E-state index contributed by atoms with van der Waals surface area (Å²) >= 11 is 6.28. The zero-order chi connectivity index (χ0) is 19.7. The Balaban J connectivity index is 1.78. The van der Waals surface area contributed by atoms with Gasteiger partial charge in [0.1, 0.15) is 28.1 Å². The first kappa shape index (κ1) is 18.7. The fourth-order valence-corrected chi connectivity index (χ4v) is 2.97. The van der Waals surface area contributed by atoms with Crippen molar-refractivity contribution in [3.05, 3.63) is 69.6 Å². The van der Waals surface area contributed by atoms with Crippen molar-refractivity contribution in [2.24, 2.45) is 0 Å². The number of nitrogens with one attached hydrogen (secondary N) is 2. The number of halogens is 2. The maximum absolute atomic E-state index is 13.1. The molecule has 0 atom stereocenters. The molecule has 2 aromatic heterocycles. The highest BCUT2D eigenvalue weighted by molar-refractivity contribution is 6.33. The van der Waals surface area contributed by atoms with Crippen LogP contribution in [0.4, 0.5) is 4.39 Å². The summed E-state index contributed by atoms with van der Waals surface area (Å²) in [5.41, 5.74) is 5.90. The van der Waals surface area contributed by atoms with Crippen molar-refractivity contribution in [1.29, 1.82) is 0 Å². The normalized spacial score (nSPS) is 10.7. The van der Waals surface area contributed by atoms with Gasteiger partial charge in [-0.15, -0.1) is 0 Å². The number of benzene rings is 1. The Morgan fingerprint density at radius 2 is 1.74 bits per heavy atom. The van der Waals surface area contributed by atoms with Crippen LogP contribution < -0.4 is 10.9 Å². The first-order chi connectivity index (χ1) is 12.8. The molecular weight excluding hydrogens is 375 g/mol. The number of aromatic nitrogens is 2. The van der Waals surface area contributed by atoms with Gasteiger partial charge in [-0.25, -0.2) is 9.07 Å². The third kappa shape index (κ3) is 3.70. The molecule has 7 nitrogen and oxygen atoms in total.